The van der Waals surface area contributed by atoms with Crippen LogP contribution in [-0.4, -0.2) is 29.3 Å². The number of benzene rings is 1. The average molecular weight is 340 g/mol. The van der Waals surface area contributed by atoms with Crippen LogP contribution in [-0.2, 0) is 0 Å². The Labute approximate surface area is 148 Å². The minimum absolute atomic E-state index is 0.0417. The number of carbonyl (C=O) groups excluding carboxylic acids is 2. The third kappa shape index (κ3) is 3.76. The van der Waals surface area contributed by atoms with Crippen LogP contribution in [0.3, 0.4) is 0 Å². The molecule has 3 rings (SSSR count). The Bertz CT molecular complexity index is 752. The lowest BCUT2D eigenvalue weighted by molar-refractivity contribution is 0.0608. The maximum atomic E-state index is 12.9. The zero-order valence-electron chi connectivity index (χ0n) is 14.7. The normalized spacial score (nSPS) is 17.4. The topological polar surface area (TPSA) is 62.6 Å². The van der Waals surface area contributed by atoms with Gasteiger partial charge in [-0.1, -0.05) is 13.0 Å². The van der Waals surface area contributed by atoms with Gasteiger partial charge in [0.05, 0.1) is 6.26 Å². The van der Waals surface area contributed by atoms with E-state index in [4.69, 9.17) is 4.42 Å². The zero-order chi connectivity index (χ0) is 17.8. The third-order valence-corrected chi connectivity index (χ3v) is 4.84. The number of rotatable bonds is 4. The second-order valence-electron chi connectivity index (χ2n) is 6.52. The first-order chi connectivity index (χ1) is 12.1. The van der Waals surface area contributed by atoms with Crippen LogP contribution in [0.15, 0.2) is 41.0 Å². The molecular formula is C20H24N2O3. The van der Waals surface area contributed by atoms with Gasteiger partial charge in [0.1, 0.15) is 0 Å². The number of carbonyl (C=O) groups is 2. The molecule has 25 heavy (non-hydrogen) atoms. The minimum atomic E-state index is -0.317. The largest absolute Gasteiger partial charge is 0.459 e. The maximum absolute atomic E-state index is 12.9. The molecule has 1 aliphatic heterocycles. The van der Waals surface area contributed by atoms with Gasteiger partial charge < -0.3 is 14.6 Å². The number of likely N-dealkylation sites (tertiary alicyclic amines) is 1. The molecule has 0 saturated carbocycles. The second kappa shape index (κ2) is 7.55. The number of hydrogen-bond acceptors (Lipinski definition) is 3. The van der Waals surface area contributed by atoms with Crippen LogP contribution in [0.1, 0.15) is 59.1 Å². The van der Waals surface area contributed by atoms with Gasteiger partial charge in [0.25, 0.3) is 11.8 Å². The summed E-state index contributed by atoms with van der Waals surface area (Å²) in [5.41, 5.74) is 2.15. The van der Waals surface area contributed by atoms with Gasteiger partial charge in [0.2, 0.25) is 0 Å². The first-order valence-corrected chi connectivity index (χ1v) is 8.86. The second-order valence-corrected chi connectivity index (χ2v) is 6.52. The van der Waals surface area contributed by atoms with E-state index in [0.29, 0.717) is 17.3 Å². The Hall–Kier alpha value is -2.56. The van der Waals surface area contributed by atoms with Crippen molar-refractivity contribution in [2.45, 2.75) is 45.6 Å². The fraction of sp³-hybridized carbons (Fsp3) is 0.400. The number of hydrogen-bond donors (Lipinski definition) is 1. The smallest absolute Gasteiger partial charge is 0.291 e. The predicted molar refractivity (Wildman–Crippen MR) is 96.8 cm³/mol. The van der Waals surface area contributed by atoms with Crippen molar-refractivity contribution in [1.82, 2.24) is 4.90 Å². The number of furan rings is 1. The highest BCUT2D eigenvalue weighted by Gasteiger charge is 2.26. The molecule has 1 atom stereocenters. The molecule has 0 spiro atoms. The summed E-state index contributed by atoms with van der Waals surface area (Å²) in [4.78, 5) is 27.1. The molecule has 0 radical (unpaired) electrons. The molecule has 1 saturated heterocycles. The minimum Gasteiger partial charge on any atom is -0.459 e. The lowest BCUT2D eigenvalue weighted by Gasteiger charge is -2.35. The molecular weight excluding hydrogens is 316 g/mol. The Morgan fingerprint density at radius 3 is 2.84 bits per heavy atom. The summed E-state index contributed by atoms with van der Waals surface area (Å²) in [6.07, 6.45) is 5.73. The van der Waals surface area contributed by atoms with Crippen molar-refractivity contribution in [1.29, 1.82) is 0 Å². The van der Waals surface area contributed by atoms with E-state index in [-0.39, 0.29) is 17.6 Å². The van der Waals surface area contributed by atoms with Crippen molar-refractivity contribution in [2.75, 3.05) is 11.9 Å². The molecule has 1 aromatic carbocycles. The van der Waals surface area contributed by atoms with E-state index >= 15 is 0 Å². The van der Waals surface area contributed by atoms with Crippen molar-refractivity contribution in [3.63, 3.8) is 0 Å². The maximum Gasteiger partial charge on any atom is 0.291 e. The van der Waals surface area contributed by atoms with E-state index in [1.165, 1.54) is 12.7 Å². The third-order valence-electron chi connectivity index (χ3n) is 4.84. The molecule has 1 aliphatic rings. The molecule has 2 aromatic rings. The number of anilines is 1. The monoisotopic (exact) mass is 340 g/mol. The molecule has 2 heterocycles. The van der Waals surface area contributed by atoms with Gasteiger partial charge in [-0.15, -0.1) is 0 Å². The molecule has 132 valence electrons. The lowest BCUT2D eigenvalue weighted by Crippen LogP contribution is -2.43. The highest BCUT2D eigenvalue weighted by molar-refractivity contribution is 6.04. The summed E-state index contributed by atoms with van der Waals surface area (Å²) in [6.45, 7) is 4.83. The molecule has 1 aromatic heterocycles. The number of piperidine rings is 1. The van der Waals surface area contributed by atoms with E-state index in [1.54, 1.807) is 18.2 Å². The van der Waals surface area contributed by atoms with Crippen molar-refractivity contribution in [3.05, 3.63) is 53.5 Å². The summed E-state index contributed by atoms with van der Waals surface area (Å²) >= 11 is 0. The molecule has 1 N–H and O–H groups in total. The molecule has 1 unspecified atom stereocenters. The summed E-state index contributed by atoms with van der Waals surface area (Å²) in [5.74, 6) is -0.0274. The number of aryl methyl sites for hydroxylation is 1. The predicted octanol–water partition coefficient (Wildman–Crippen LogP) is 4.25. The Morgan fingerprint density at radius 2 is 2.12 bits per heavy atom. The standard InChI is InChI=1S/C20H24N2O3/c1-3-16-7-4-5-11-22(16)20(24)15-10-9-14(2)17(13-15)21-19(23)18-8-6-12-25-18/h6,8-10,12-13,16H,3-5,7,11H2,1-2H3,(H,21,23). The number of nitrogens with zero attached hydrogens (tertiary/aromatic N) is 1. The Balaban J connectivity index is 1.81. The van der Waals surface area contributed by atoms with E-state index in [0.717, 1.165) is 31.4 Å². The van der Waals surface area contributed by atoms with E-state index < -0.39 is 0 Å². The fourth-order valence-electron chi connectivity index (χ4n) is 3.34. The molecule has 2 amide bonds. The van der Waals surface area contributed by atoms with Crippen LogP contribution in [0.5, 0.6) is 0 Å². The zero-order valence-corrected chi connectivity index (χ0v) is 14.7. The molecule has 5 heteroatoms. The Morgan fingerprint density at radius 1 is 1.28 bits per heavy atom. The van der Waals surface area contributed by atoms with Crippen molar-refractivity contribution < 1.29 is 14.0 Å². The number of amides is 2. The van der Waals surface area contributed by atoms with Crippen molar-refractivity contribution >= 4 is 17.5 Å². The number of nitrogens with one attached hydrogen (secondary N) is 1. The summed E-state index contributed by atoms with van der Waals surface area (Å²) in [7, 11) is 0. The van der Waals surface area contributed by atoms with Gasteiger partial charge in [0.15, 0.2) is 5.76 Å². The SMILES string of the molecule is CCC1CCCCN1C(=O)c1ccc(C)c(NC(=O)c2ccco2)c1. The lowest BCUT2D eigenvalue weighted by atomic mass is 9.98. The summed E-state index contributed by atoms with van der Waals surface area (Å²) < 4.78 is 5.12. The molecule has 0 aliphatic carbocycles. The quantitative estimate of drug-likeness (QED) is 0.905. The highest BCUT2D eigenvalue weighted by atomic mass is 16.3. The van der Waals surface area contributed by atoms with Gasteiger partial charge in [-0.05, 0) is 62.4 Å². The van der Waals surface area contributed by atoms with Crippen molar-refractivity contribution in [2.24, 2.45) is 0 Å². The molecule has 1 fully saturated rings. The summed E-state index contributed by atoms with van der Waals surface area (Å²) in [6, 6.07) is 9.06. The van der Waals surface area contributed by atoms with Gasteiger partial charge in [-0.25, -0.2) is 0 Å². The van der Waals surface area contributed by atoms with Crippen LogP contribution in [0.25, 0.3) is 0 Å². The van der Waals surface area contributed by atoms with Gasteiger partial charge in [-0.2, -0.15) is 0 Å². The van der Waals surface area contributed by atoms with E-state index in [2.05, 4.69) is 12.2 Å². The summed E-state index contributed by atoms with van der Waals surface area (Å²) in [5, 5.41) is 2.83. The van der Waals surface area contributed by atoms with Crippen LogP contribution >= 0.6 is 0 Å². The van der Waals surface area contributed by atoms with Crippen LogP contribution in [0, 0.1) is 6.92 Å². The first kappa shape index (κ1) is 17.3. The van der Waals surface area contributed by atoms with Crippen LogP contribution in [0.4, 0.5) is 5.69 Å². The molecule has 5 nitrogen and oxygen atoms in total. The highest BCUT2D eigenvalue weighted by Crippen LogP contribution is 2.24. The van der Waals surface area contributed by atoms with Crippen LogP contribution < -0.4 is 5.32 Å². The van der Waals surface area contributed by atoms with Crippen molar-refractivity contribution in [3.8, 4) is 0 Å². The fourth-order valence-corrected chi connectivity index (χ4v) is 3.34. The van der Waals surface area contributed by atoms with Gasteiger partial charge >= 0.3 is 0 Å². The van der Waals surface area contributed by atoms with E-state index in [1.807, 2.05) is 24.0 Å². The molecule has 0 bridgehead atoms. The van der Waals surface area contributed by atoms with Gasteiger partial charge in [-0.3, -0.25) is 9.59 Å². The Kier molecular flexibility index (Phi) is 5.22. The first-order valence-electron chi connectivity index (χ1n) is 8.86. The van der Waals surface area contributed by atoms with Gasteiger partial charge in [0, 0.05) is 23.8 Å². The van der Waals surface area contributed by atoms with Crippen LogP contribution in [0.2, 0.25) is 0 Å². The average Bonchev–Trinajstić information content (AvgIpc) is 3.17. The van der Waals surface area contributed by atoms with E-state index in [9.17, 15) is 9.59 Å².